The zero-order valence-corrected chi connectivity index (χ0v) is 14.3. The Balaban J connectivity index is 1.90. The highest BCUT2D eigenvalue weighted by molar-refractivity contribution is 6.30. The Morgan fingerprint density at radius 3 is 2.54 bits per heavy atom. The first-order chi connectivity index (χ1) is 11.6. The van der Waals surface area contributed by atoms with Crippen molar-refractivity contribution in [1.82, 2.24) is 5.32 Å². The van der Waals surface area contributed by atoms with Gasteiger partial charge in [0.2, 0.25) is 0 Å². The van der Waals surface area contributed by atoms with Crippen molar-refractivity contribution < 1.29 is 14.3 Å². The minimum atomic E-state index is -0.570. The number of esters is 1. The Kier molecular flexibility index (Phi) is 6.82. The molecular formula is C19H20ClNO3. The first-order valence-corrected chi connectivity index (χ1v) is 8.25. The number of hydrogen-bond acceptors (Lipinski definition) is 3. The molecule has 2 rings (SSSR count). The van der Waals surface area contributed by atoms with E-state index in [9.17, 15) is 9.59 Å². The first-order valence-electron chi connectivity index (χ1n) is 7.87. The van der Waals surface area contributed by atoms with E-state index in [4.69, 9.17) is 16.3 Å². The van der Waals surface area contributed by atoms with Gasteiger partial charge in [0, 0.05) is 5.02 Å². The van der Waals surface area contributed by atoms with Crippen LogP contribution >= 0.6 is 11.6 Å². The lowest BCUT2D eigenvalue weighted by molar-refractivity contribution is -0.125. The highest BCUT2D eigenvalue weighted by Crippen LogP contribution is 2.18. The Morgan fingerprint density at radius 2 is 1.88 bits per heavy atom. The maximum atomic E-state index is 12.1. The number of amides is 1. The van der Waals surface area contributed by atoms with Gasteiger partial charge in [-0.15, -0.1) is 0 Å². The molecule has 0 aliphatic heterocycles. The molecular weight excluding hydrogens is 326 g/mol. The van der Waals surface area contributed by atoms with Crippen molar-refractivity contribution in [3.8, 4) is 0 Å². The molecule has 4 nitrogen and oxygen atoms in total. The molecule has 1 N–H and O–H groups in total. The summed E-state index contributed by atoms with van der Waals surface area (Å²) < 4.78 is 5.05. The molecule has 1 atom stereocenters. The van der Waals surface area contributed by atoms with Crippen LogP contribution in [0.3, 0.4) is 0 Å². The van der Waals surface area contributed by atoms with Crippen molar-refractivity contribution in [3.05, 3.63) is 70.7 Å². The van der Waals surface area contributed by atoms with Crippen molar-refractivity contribution >= 4 is 23.5 Å². The van der Waals surface area contributed by atoms with E-state index in [-0.39, 0.29) is 18.6 Å². The SMILES string of the molecule is CCCC(NC(=O)COC(=O)c1cccc(Cl)c1)c1ccccc1. The number of rotatable bonds is 7. The predicted octanol–water partition coefficient (Wildman–Crippen LogP) is 4.15. The average molecular weight is 346 g/mol. The number of carbonyl (C=O) groups excluding carboxylic acids is 2. The van der Waals surface area contributed by atoms with E-state index in [1.807, 2.05) is 30.3 Å². The van der Waals surface area contributed by atoms with Crippen molar-refractivity contribution in [2.24, 2.45) is 0 Å². The summed E-state index contributed by atoms with van der Waals surface area (Å²) in [5.74, 6) is -0.896. The van der Waals surface area contributed by atoms with Crippen LogP contribution in [0.25, 0.3) is 0 Å². The van der Waals surface area contributed by atoms with Gasteiger partial charge in [-0.1, -0.05) is 61.3 Å². The summed E-state index contributed by atoms with van der Waals surface area (Å²) in [6.45, 7) is 1.74. The van der Waals surface area contributed by atoms with Crippen LogP contribution in [0.1, 0.15) is 41.7 Å². The lowest BCUT2D eigenvalue weighted by Crippen LogP contribution is -2.32. The van der Waals surface area contributed by atoms with Crippen LogP contribution in [0.15, 0.2) is 54.6 Å². The normalized spacial score (nSPS) is 11.6. The van der Waals surface area contributed by atoms with Crippen LogP contribution in [0.5, 0.6) is 0 Å². The van der Waals surface area contributed by atoms with Gasteiger partial charge in [0.05, 0.1) is 11.6 Å². The van der Waals surface area contributed by atoms with Gasteiger partial charge in [0.15, 0.2) is 6.61 Å². The third kappa shape index (κ3) is 5.39. The van der Waals surface area contributed by atoms with Crippen LogP contribution in [-0.4, -0.2) is 18.5 Å². The molecule has 0 fully saturated rings. The summed E-state index contributed by atoms with van der Waals surface area (Å²) >= 11 is 5.84. The van der Waals surface area contributed by atoms with E-state index < -0.39 is 5.97 Å². The van der Waals surface area contributed by atoms with Crippen molar-refractivity contribution in [2.45, 2.75) is 25.8 Å². The zero-order chi connectivity index (χ0) is 17.4. The summed E-state index contributed by atoms with van der Waals surface area (Å²) in [6, 6.07) is 16.1. The van der Waals surface area contributed by atoms with Gasteiger partial charge in [-0.3, -0.25) is 4.79 Å². The van der Waals surface area contributed by atoms with Gasteiger partial charge in [-0.2, -0.15) is 0 Å². The first kappa shape index (κ1) is 18.0. The van der Waals surface area contributed by atoms with Crippen molar-refractivity contribution in [3.63, 3.8) is 0 Å². The quantitative estimate of drug-likeness (QED) is 0.767. The molecule has 1 unspecified atom stereocenters. The van der Waals surface area contributed by atoms with E-state index in [0.717, 1.165) is 18.4 Å². The van der Waals surface area contributed by atoms with E-state index >= 15 is 0 Å². The van der Waals surface area contributed by atoms with Gasteiger partial charge in [-0.25, -0.2) is 4.79 Å². The molecule has 126 valence electrons. The maximum Gasteiger partial charge on any atom is 0.338 e. The molecule has 0 saturated heterocycles. The van der Waals surface area contributed by atoms with E-state index in [0.29, 0.717) is 10.6 Å². The molecule has 0 aliphatic rings. The molecule has 0 radical (unpaired) electrons. The minimum Gasteiger partial charge on any atom is -0.452 e. The standard InChI is InChI=1S/C19H20ClNO3/c1-2-7-17(14-8-4-3-5-9-14)21-18(22)13-24-19(23)15-10-6-11-16(20)12-15/h3-6,8-12,17H,2,7,13H2,1H3,(H,21,22). The molecule has 0 heterocycles. The lowest BCUT2D eigenvalue weighted by atomic mass is 10.0. The summed E-state index contributed by atoms with van der Waals surface area (Å²) in [4.78, 5) is 24.0. The summed E-state index contributed by atoms with van der Waals surface area (Å²) in [6.07, 6.45) is 1.75. The van der Waals surface area contributed by atoms with Crippen molar-refractivity contribution in [1.29, 1.82) is 0 Å². The smallest absolute Gasteiger partial charge is 0.338 e. The van der Waals surface area contributed by atoms with Crippen LogP contribution in [-0.2, 0) is 9.53 Å². The van der Waals surface area contributed by atoms with Gasteiger partial charge in [0.25, 0.3) is 5.91 Å². The number of hydrogen-bond donors (Lipinski definition) is 1. The van der Waals surface area contributed by atoms with Crippen LogP contribution < -0.4 is 5.32 Å². The van der Waals surface area contributed by atoms with Crippen LogP contribution in [0.4, 0.5) is 0 Å². The fourth-order valence-electron chi connectivity index (χ4n) is 2.36. The molecule has 2 aromatic carbocycles. The predicted molar refractivity (Wildman–Crippen MR) is 94.0 cm³/mol. The Bertz CT molecular complexity index is 688. The molecule has 0 aliphatic carbocycles. The van der Waals surface area contributed by atoms with Gasteiger partial charge >= 0.3 is 5.97 Å². The number of carbonyl (C=O) groups is 2. The van der Waals surface area contributed by atoms with Gasteiger partial charge in [0.1, 0.15) is 0 Å². The minimum absolute atomic E-state index is 0.0893. The molecule has 5 heteroatoms. The third-order valence-electron chi connectivity index (χ3n) is 3.51. The molecule has 0 bridgehead atoms. The lowest BCUT2D eigenvalue weighted by Gasteiger charge is -2.18. The van der Waals surface area contributed by atoms with Crippen LogP contribution in [0, 0.1) is 0 Å². The number of ether oxygens (including phenoxy) is 1. The monoisotopic (exact) mass is 345 g/mol. The maximum absolute atomic E-state index is 12.1. The fraction of sp³-hybridized carbons (Fsp3) is 0.263. The second-order valence-electron chi connectivity index (χ2n) is 5.41. The average Bonchev–Trinajstić information content (AvgIpc) is 2.60. The van der Waals surface area contributed by atoms with E-state index in [2.05, 4.69) is 12.2 Å². The molecule has 1 amide bonds. The number of benzene rings is 2. The highest BCUT2D eigenvalue weighted by atomic mass is 35.5. The van der Waals surface area contributed by atoms with Gasteiger partial charge < -0.3 is 10.1 Å². The topological polar surface area (TPSA) is 55.4 Å². The second kappa shape index (κ2) is 9.08. The Labute approximate surface area is 146 Å². The number of nitrogens with one attached hydrogen (secondary N) is 1. The second-order valence-corrected chi connectivity index (χ2v) is 5.84. The summed E-state index contributed by atoms with van der Waals surface area (Å²) in [5, 5.41) is 3.36. The fourth-order valence-corrected chi connectivity index (χ4v) is 2.55. The molecule has 24 heavy (non-hydrogen) atoms. The Hall–Kier alpha value is -2.33. The van der Waals surface area contributed by atoms with Crippen molar-refractivity contribution in [2.75, 3.05) is 6.61 Å². The highest BCUT2D eigenvalue weighted by Gasteiger charge is 2.15. The van der Waals surface area contributed by atoms with Gasteiger partial charge in [-0.05, 0) is 30.2 Å². The summed E-state index contributed by atoms with van der Waals surface area (Å²) in [5.41, 5.74) is 1.36. The van der Waals surface area contributed by atoms with E-state index in [1.165, 1.54) is 6.07 Å². The van der Waals surface area contributed by atoms with Crippen LogP contribution in [0.2, 0.25) is 5.02 Å². The Morgan fingerprint density at radius 1 is 1.12 bits per heavy atom. The largest absolute Gasteiger partial charge is 0.452 e. The molecule has 0 aromatic heterocycles. The molecule has 0 spiro atoms. The molecule has 0 saturated carbocycles. The zero-order valence-electron chi connectivity index (χ0n) is 13.5. The number of halogens is 1. The van der Waals surface area contributed by atoms with E-state index in [1.54, 1.807) is 18.2 Å². The third-order valence-corrected chi connectivity index (χ3v) is 3.74. The summed E-state index contributed by atoms with van der Waals surface area (Å²) in [7, 11) is 0. The molecule has 2 aromatic rings.